The second-order valence-electron chi connectivity index (χ2n) is 5.20. The fraction of sp³-hybridized carbons (Fsp3) is 0.400. The molecule has 0 aliphatic rings. The van der Waals surface area contributed by atoms with Gasteiger partial charge in [0.15, 0.2) is 0 Å². The predicted octanol–water partition coefficient (Wildman–Crippen LogP) is 2.19. The van der Waals surface area contributed by atoms with Crippen molar-refractivity contribution in [3.63, 3.8) is 0 Å². The maximum atomic E-state index is 11.7. The molecule has 1 atom stereocenters. The van der Waals surface area contributed by atoms with E-state index >= 15 is 0 Å². The quantitative estimate of drug-likeness (QED) is 0.819. The molecule has 1 aromatic carbocycles. The molecule has 1 rings (SSSR count). The van der Waals surface area contributed by atoms with Gasteiger partial charge in [0, 0.05) is 12.1 Å². The van der Waals surface area contributed by atoms with E-state index in [4.69, 9.17) is 16.9 Å². The highest BCUT2D eigenvalue weighted by Crippen LogP contribution is 2.14. The Morgan fingerprint density at radius 3 is 2.42 bits per heavy atom. The van der Waals surface area contributed by atoms with Crippen molar-refractivity contribution in [1.82, 2.24) is 5.32 Å². The van der Waals surface area contributed by atoms with Gasteiger partial charge in [-0.2, -0.15) is 0 Å². The molecule has 0 radical (unpaired) electrons. The lowest BCUT2D eigenvalue weighted by atomic mass is 10.1. The van der Waals surface area contributed by atoms with E-state index in [9.17, 15) is 4.79 Å². The van der Waals surface area contributed by atoms with Gasteiger partial charge in [0.05, 0.1) is 6.04 Å². The number of nitrogens with two attached hydrogens (primary N) is 1. The summed E-state index contributed by atoms with van der Waals surface area (Å²) in [5.41, 5.74) is 6.83. The zero-order valence-corrected chi connectivity index (χ0v) is 11.6. The number of ether oxygens (including phenoxy) is 1. The van der Waals surface area contributed by atoms with Crippen LogP contribution in [0.5, 0.6) is 0 Å². The van der Waals surface area contributed by atoms with Crippen LogP contribution in [0.2, 0.25) is 0 Å². The average molecular weight is 260 g/mol. The molecule has 19 heavy (non-hydrogen) atoms. The fourth-order valence-electron chi connectivity index (χ4n) is 1.54. The molecule has 1 amide bonds. The number of carbonyl (C=O) groups excluding carboxylic acids is 1. The molecule has 0 aliphatic heterocycles. The average Bonchev–Trinajstić information content (AvgIpc) is 2.34. The van der Waals surface area contributed by atoms with Crippen molar-refractivity contribution in [1.29, 1.82) is 0 Å². The SMILES string of the molecule is C#Cc1ccc(C(CN)NC(=O)OC(C)(C)C)cc1. The Bertz CT molecular complexity index is 466. The molecule has 3 N–H and O–H groups in total. The molecule has 0 heterocycles. The van der Waals surface area contributed by atoms with Gasteiger partial charge in [-0.15, -0.1) is 6.42 Å². The predicted molar refractivity (Wildman–Crippen MR) is 75.5 cm³/mol. The van der Waals surface area contributed by atoms with Crippen LogP contribution >= 0.6 is 0 Å². The van der Waals surface area contributed by atoms with Gasteiger partial charge in [0.1, 0.15) is 5.60 Å². The maximum Gasteiger partial charge on any atom is 0.408 e. The number of benzene rings is 1. The smallest absolute Gasteiger partial charge is 0.408 e. The Morgan fingerprint density at radius 1 is 1.42 bits per heavy atom. The van der Waals surface area contributed by atoms with Crippen molar-refractivity contribution in [3.05, 3.63) is 35.4 Å². The molecule has 4 heteroatoms. The summed E-state index contributed by atoms with van der Waals surface area (Å²) in [5.74, 6) is 2.54. The fourth-order valence-corrected chi connectivity index (χ4v) is 1.54. The summed E-state index contributed by atoms with van der Waals surface area (Å²) in [4.78, 5) is 11.7. The van der Waals surface area contributed by atoms with Crippen LogP contribution in [0.25, 0.3) is 0 Å². The molecule has 0 aromatic heterocycles. The van der Waals surface area contributed by atoms with E-state index in [1.54, 1.807) is 0 Å². The van der Waals surface area contributed by atoms with Crippen molar-refractivity contribution in [2.24, 2.45) is 5.73 Å². The van der Waals surface area contributed by atoms with E-state index in [2.05, 4.69) is 11.2 Å². The van der Waals surface area contributed by atoms with Gasteiger partial charge in [-0.25, -0.2) is 4.79 Å². The van der Waals surface area contributed by atoms with Crippen LogP contribution in [0.3, 0.4) is 0 Å². The van der Waals surface area contributed by atoms with Gasteiger partial charge in [-0.3, -0.25) is 0 Å². The summed E-state index contributed by atoms with van der Waals surface area (Å²) in [6, 6.07) is 7.04. The minimum Gasteiger partial charge on any atom is -0.444 e. The monoisotopic (exact) mass is 260 g/mol. The van der Waals surface area contributed by atoms with Gasteiger partial charge in [-0.05, 0) is 38.5 Å². The minimum absolute atomic E-state index is 0.286. The third-order valence-corrected chi connectivity index (χ3v) is 2.41. The molecule has 0 fully saturated rings. The maximum absolute atomic E-state index is 11.7. The number of carbonyl (C=O) groups is 1. The Hall–Kier alpha value is -1.99. The molecule has 0 spiro atoms. The Labute approximate surface area is 114 Å². The van der Waals surface area contributed by atoms with Crippen molar-refractivity contribution in [2.45, 2.75) is 32.4 Å². The molecule has 0 bridgehead atoms. The number of alkyl carbamates (subject to hydrolysis) is 1. The highest BCUT2D eigenvalue weighted by atomic mass is 16.6. The van der Waals surface area contributed by atoms with Crippen molar-refractivity contribution in [2.75, 3.05) is 6.54 Å². The van der Waals surface area contributed by atoms with Crippen LogP contribution in [0.15, 0.2) is 24.3 Å². The minimum atomic E-state index is -0.531. The lowest BCUT2D eigenvalue weighted by molar-refractivity contribution is 0.0505. The van der Waals surface area contributed by atoms with E-state index in [0.29, 0.717) is 0 Å². The Balaban J connectivity index is 2.72. The first-order chi connectivity index (χ1) is 8.85. The summed E-state index contributed by atoms with van der Waals surface area (Å²) < 4.78 is 5.20. The molecule has 0 saturated carbocycles. The molecular weight excluding hydrogens is 240 g/mol. The largest absolute Gasteiger partial charge is 0.444 e. The summed E-state index contributed by atoms with van der Waals surface area (Å²) in [5, 5.41) is 2.74. The Morgan fingerprint density at radius 2 is 2.00 bits per heavy atom. The Kier molecular flexibility index (Phi) is 4.96. The van der Waals surface area contributed by atoms with Crippen LogP contribution in [0.1, 0.15) is 37.9 Å². The van der Waals surface area contributed by atoms with E-state index in [1.165, 1.54) is 0 Å². The number of rotatable bonds is 3. The molecule has 1 unspecified atom stereocenters. The third kappa shape index (κ3) is 5.02. The normalized spacial score (nSPS) is 12.4. The van der Waals surface area contributed by atoms with E-state index in [1.807, 2.05) is 45.0 Å². The van der Waals surface area contributed by atoms with Crippen LogP contribution in [-0.2, 0) is 4.74 Å². The summed E-state index contributed by atoms with van der Waals surface area (Å²) >= 11 is 0. The zero-order valence-electron chi connectivity index (χ0n) is 11.6. The first kappa shape index (κ1) is 15.1. The number of amides is 1. The lowest BCUT2D eigenvalue weighted by Gasteiger charge is -2.23. The van der Waals surface area contributed by atoms with Gasteiger partial charge < -0.3 is 15.8 Å². The number of terminal acetylenes is 1. The molecule has 4 nitrogen and oxygen atoms in total. The molecule has 102 valence electrons. The second-order valence-corrected chi connectivity index (χ2v) is 5.20. The van der Waals surface area contributed by atoms with Gasteiger partial charge in [0.2, 0.25) is 0 Å². The standard InChI is InChI=1S/C15H20N2O2/c1-5-11-6-8-12(9-7-11)13(10-16)17-14(18)19-15(2,3)4/h1,6-9,13H,10,16H2,2-4H3,(H,17,18). The third-order valence-electron chi connectivity index (χ3n) is 2.41. The topological polar surface area (TPSA) is 64.3 Å². The summed E-state index contributed by atoms with van der Waals surface area (Å²) in [7, 11) is 0. The van der Waals surface area contributed by atoms with Crippen molar-refractivity contribution in [3.8, 4) is 12.3 Å². The van der Waals surface area contributed by atoms with Crippen molar-refractivity contribution < 1.29 is 9.53 Å². The second kappa shape index (κ2) is 6.26. The van der Waals surface area contributed by atoms with E-state index < -0.39 is 11.7 Å². The zero-order chi connectivity index (χ0) is 14.5. The van der Waals surface area contributed by atoms with Gasteiger partial charge >= 0.3 is 6.09 Å². The lowest BCUT2D eigenvalue weighted by Crippen LogP contribution is -2.37. The number of hydrogen-bond acceptors (Lipinski definition) is 3. The van der Waals surface area contributed by atoms with E-state index in [0.717, 1.165) is 11.1 Å². The van der Waals surface area contributed by atoms with Crippen molar-refractivity contribution >= 4 is 6.09 Å². The van der Waals surface area contributed by atoms with Crippen LogP contribution in [0, 0.1) is 12.3 Å². The highest BCUT2D eigenvalue weighted by Gasteiger charge is 2.19. The first-order valence-electron chi connectivity index (χ1n) is 6.12. The van der Waals surface area contributed by atoms with Crippen LogP contribution < -0.4 is 11.1 Å². The van der Waals surface area contributed by atoms with Crippen LogP contribution in [-0.4, -0.2) is 18.2 Å². The molecular formula is C15H20N2O2. The number of nitrogens with one attached hydrogen (secondary N) is 1. The summed E-state index contributed by atoms with van der Waals surface area (Å²) in [6.07, 6.45) is 4.81. The van der Waals surface area contributed by atoms with Gasteiger partial charge in [0.25, 0.3) is 0 Å². The van der Waals surface area contributed by atoms with Crippen LogP contribution in [0.4, 0.5) is 4.79 Å². The molecule has 1 aromatic rings. The molecule has 0 aliphatic carbocycles. The van der Waals surface area contributed by atoms with Gasteiger partial charge in [-0.1, -0.05) is 18.1 Å². The molecule has 0 saturated heterocycles. The highest BCUT2D eigenvalue weighted by molar-refractivity contribution is 5.68. The van der Waals surface area contributed by atoms with E-state index in [-0.39, 0.29) is 12.6 Å². The number of hydrogen-bond donors (Lipinski definition) is 2. The summed E-state index contributed by atoms with van der Waals surface area (Å²) in [6.45, 7) is 5.72. The first-order valence-corrected chi connectivity index (χ1v) is 6.12.